The van der Waals surface area contributed by atoms with E-state index in [4.69, 9.17) is 0 Å². The molecular weight excluding hydrogens is 351 g/mol. The Hall–Kier alpha value is -3.01. The van der Waals surface area contributed by atoms with Gasteiger partial charge >= 0.3 is 0 Å². The number of anilines is 1. The Morgan fingerprint density at radius 2 is 1.96 bits per heavy atom. The minimum Gasteiger partial charge on any atom is -0.324 e. The molecule has 146 valence electrons. The molecule has 3 aromatic rings. The smallest absolute Gasteiger partial charge is 0.231 e. The maximum absolute atomic E-state index is 13.8. The Kier molecular flexibility index (Phi) is 5.88. The van der Waals surface area contributed by atoms with Crippen LogP contribution in [0, 0.1) is 11.2 Å². The van der Waals surface area contributed by atoms with Crippen molar-refractivity contribution < 1.29 is 10.6 Å². The molecule has 1 unspecified atom stereocenters. The number of hydrogen-bond acceptors (Lipinski definition) is 2. The van der Waals surface area contributed by atoms with Gasteiger partial charge in [-0.1, -0.05) is 61.0 Å². The summed E-state index contributed by atoms with van der Waals surface area (Å²) < 4.78 is 13.8. The first-order valence-corrected chi connectivity index (χ1v) is 9.43. The SMILES string of the molecule is C/C=C(\C)CC(C)(Cc1ccccc1)C(=O)Nc1cnc2c(F)cccc2c1.[HH]. The number of rotatable bonds is 6. The molecule has 4 heteroatoms. The number of carbonyl (C=O) groups is 1. The summed E-state index contributed by atoms with van der Waals surface area (Å²) in [5.74, 6) is -0.442. The first-order chi connectivity index (χ1) is 13.4. The van der Waals surface area contributed by atoms with Crippen molar-refractivity contribution in [1.29, 1.82) is 0 Å². The summed E-state index contributed by atoms with van der Waals surface area (Å²) in [5.41, 5.74) is 2.53. The number of halogens is 1. The maximum atomic E-state index is 13.8. The fourth-order valence-electron chi connectivity index (χ4n) is 3.46. The molecule has 0 radical (unpaired) electrons. The molecule has 1 aromatic heterocycles. The number of hydrogen-bond donors (Lipinski definition) is 1. The Labute approximate surface area is 166 Å². The lowest BCUT2D eigenvalue weighted by atomic mass is 9.77. The van der Waals surface area contributed by atoms with Crippen molar-refractivity contribution in [3.63, 3.8) is 0 Å². The first kappa shape index (κ1) is 19.7. The topological polar surface area (TPSA) is 42.0 Å². The summed E-state index contributed by atoms with van der Waals surface area (Å²) in [7, 11) is 0. The van der Waals surface area contributed by atoms with Gasteiger partial charge in [0.15, 0.2) is 0 Å². The zero-order valence-corrected chi connectivity index (χ0v) is 16.5. The highest BCUT2D eigenvalue weighted by Gasteiger charge is 2.33. The second-order valence-corrected chi connectivity index (χ2v) is 7.52. The van der Waals surface area contributed by atoms with Gasteiger partial charge in [0.25, 0.3) is 0 Å². The molecule has 3 rings (SSSR count). The van der Waals surface area contributed by atoms with Crippen LogP contribution in [-0.4, -0.2) is 10.9 Å². The van der Waals surface area contributed by atoms with Crippen LogP contribution in [0.5, 0.6) is 0 Å². The second-order valence-electron chi connectivity index (χ2n) is 7.52. The van der Waals surface area contributed by atoms with Crippen LogP contribution in [0.3, 0.4) is 0 Å². The molecule has 0 spiro atoms. The van der Waals surface area contributed by atoms with Crippen molar-refractivity contribution in [2.45, 2.75) is 33.6 Å². The zero-order chi connectivity index (χ0) is 20.1. The van der Waals surface area contributed by atoms with Crippen molar-refractivity contribution in [3.05, 3.63) is 83.8 Å². The van der Waals surface area contributed by atoms with Crippen LogP contribution in [0.25, 0.3) is 10.9 Å². The average molecular weight is 378 g/mol. The van der Waals surface area contributed by atoms with E-state index in [2.05, 4.69) is 10.3 Å². The van der Waals surface area contributed by atoms with Crippen LogP contribution in [0.2, 0.25) is 0 Å². The molecule has 1 heterocycles. The van der Waals surface area contributed by atoms with Gasteiger partial charge in [-0.25, -0.2) is 4.39 Å². The molecule has 0 fully saturated rings. The number of pyridine rings is 1. The Morgan fingerprint density at radius 1 is 1.21 bits per heavy atom. The summed E-state index contributed by atoms with van der Waals surface area (Å²) in [4.78, 5) is 17.4. The number of nitrogens with zero attached hydrogens (tertiary/aromatic N) is 1. The normalized spacial score (nSPS) is 13.9. The summed E-state index contributed by atoms with van der Waals surface area (Å²) in [6, 6.07) is 16.6. The third kappa shape index (κ3) is 4.45. The van der Waals surface area contributed by atoms with Crippen LogP contribution < -0.4 is 5.32 Å². The summed E-state index contributed by atoms with van der Waals surface area (Å²) in [5, 5.41) is 3.65. The lowest BCUT2D eigenvalue weighted by molar-refractivity contribution is -0.124. The molecule has 1 atom stereocenters. The lowest BCUT2D eigenvalue weighted by Crippen LogP contribution is -2.36. The van der Waals surface area contributed by atoms with E-state index in [1.807, 2.05) is 57.2 Å². The number of amides is 1. The number of fused-ring (bicyclic) bond motifs is 1. The van der Waals surface area contributed by atoms with E-state index in [1.54, 1.807) is 18.2 Å². The van der Waals surface area contributed by atoms with Crippen molar-refractivity contribution in [3.8, 4) is 0 Å². The molecule has 2 aromatic carbocycles. The molecule has 0 saturated heterocycles. The fraction of sp³-hybridized carbons (Fsp3) is 0.250. The number of nitrogens with one attached hydrogen (secondary N) is 1. The van der Waals surface area contributed by atoms with Gasteiger partial charge in [-0.15, -0.1) is 0 Å². The molecule has 28 heavy (non-hydrogen) atoms. The highest BCUT2D eigenvalue weighted by molar-refractivity contribution is 5.97. The van der Waals surface area contributed by atoms with E-state index in [-0.39, 0.29) is 13.2 Å². The van der Waals surface area contributed by atoms with E-state index >= 15 is 0 Å². The highest BCUT2D eigenvalue weighted by Crippen LogP contribution is 2.32. The minimum atomic E-state index is -0.616. The van der Waals surface area contributed by atoms with Gasteiger partial charge in [-0.3, -0.25) is 9.78 Å². The monoisotopic (exact) mass is 378 g/mol. The van der Waals surface area contributed by atoms with Gasteiger partial charge in [0.1, 0.15) is 11.3 Å². The summed E-state index contributed by atoms with van der Waals surface area (Å²) in [6.07, 6.45) is 4.83. The van der Waals surface area contributed by atoms with Gasteiger partial charge in [0.2, 0.25) is 5.91 Å². The summed E-state index contributed by atoms with van der Waals surface area (Å²) >= 11 is 0. The molecule has 0 bridgehead atoms. The van der Waals surface area contributed by atoms with E-state index in [1.165, 1.54) is 12.3 Å². The Bertz CT molecular complexity index is 1020. The molecule has 1 amide bonds. The lowest BCUT2D eigenvalue weighted by Gasteiger charge is -2.29. The molecular formula is C24H27FN2O. The standard InChI is InChI=1S/C24H25FN2O.H2/c1-4-17(2)14-24(3,15-18-9-6-5-7-10-18)23(28)27-20-13-19-11-8-12-21(25)22(19)26-16-20;/h4-13,16H,14-15H2,1-3H3,(H,27,28);1H/b17-4+;. The molecule has 0 aliphatic heterocycles. The third-order valence-electron chi connectivity index (χ3n) is 5.07. The maximum Gasteiger partial charge on any atom is 0.231 e. The second kappa shape index (κ2) is 8.34. The molecule has 0 aliphatic carbocycles. The number of allylic oxidation sites excluding steroid dienone is 2. The number of aromatic nitrogens is 1. The quantitative estimate of drug-likeness (QED) is 0.522. The van der Waals surface area contributed by atoms with Crippen LogP contribution in [0.4, 0.5) is 10.1 Å². The third-order valence-corrected chi connectivity index (χ3v) is 5.07. The average Bonchev–Trinajstić information content (AvgIpc) is 2.68. The fourth-order valence-corrected chi connectivity index (χ4v) is 3.46. The molecule has 3 nitrogen and oxygen atoms in total. The van der Waals surface area contributed by atoms with Gasteiger partial charge in [0, 0.05) is 6.81 Å². The Morgan fingerprint density at radius 3 is 2.68 bits per heavy atom. The van der Waals surface area contributed by atoms with Crippen molar-refractivity contribution in [2.75, 3.05) is 5.32 Å². The van der Waals surface area contributed by atoms with E-state index in [0.717, 1.165) is 11.1 Å². The van der Waals surface area contributed by atoms with Crippen LogP contribution in [0.15, 0.2) is 72.4 Å². The van der Waals surface area contributed by atoms with E-state index < -0.39 is 5.41 Å². The van der Waals surface area contributed by atoms with Gasteiger partial charge in [-0.05, 0) is 44.4 Å². The molecule has 1 N–H and O–H groups in total. The van der Waals surface area contributed by atoms with E-state index in [0.29, 0.717) is 29.4 Å². The first-order valence-electron chi connectivity index (χ1n) is 9.43. The largest absolute Gasteiger partial charge is 0.324 e. The summed E-state index contributed by atoms with van der Waals surface area (Å²) in [6.45, 7) is 6.01. The zero-order valence-electron chi connectivity index (χ0n) is 16.5. The predicted molar refractivity (Wildman–Crippen MR) is 115 cm³/mol. The van der Waals surface area contributed by atoms with Crippen molar-refractivity contribution in [1.82, 2.24) is 4.98 Å². The van der Waals surface area contributed by atoms with Crippen LogP contribution in [-0.2, 0) is 11.2 Å². The van der Waals surface area contributed by atoms with Crippen molar-refractivity contribution in [2.24, 2.45) is 5.41 Å². The number of carbonyl (C=O) groups excluding carboxylic acids is 1. The van der Waals surface area contributed by atoms with Gasteiger partial charge in [0.05, 0.1) is 17.3 Å². The van der Waals surface area contributed by atoms with Crippen molar-refractivity contribution >= 4 is 22.5 Å². The molecule has 0 saturated carbocycles. The minimum absolute atomic E-state index is 0. The van der Waals surface area contributed by atoms with Gasteiger partial charge < -0.3 is 5.32 Å². The van der Waals surface area contributed by atoms with Gasteiger partial charge in [-0.2, -0.15) is 0 Å². The highest BCUT2D eigenvalue weighted by atomic mass is 19.1. The molecule has 0 aliphatic rings. The number of para-hydroxylation sites is 1. The number of benzene rings is 2. The van der Waals surface area contributed by atoms with Crippen LogP contribution in [0.1, 0.15) is 34.2 Å². The predicted octanol–water partition coefficient (Wildman–Crippen LogP) is 6.16. The van der Waals surface area contributed by atoms with Crippen LogP contribution >= 0.6 is 0 Å². The Balaban J connectivity index is 0.00000300. The van der Waals surface area contributed by atoms with E-state index in [9.17, 15) is 9.18 Å².